The molecular weight excluding hydrogens is 404 g/mol. The Balaban J connectivity index is 1.44. The van der Waals surface area contributed by atoms with Crippen molar-refractivity contribution in [3.63, 3.8) is 0 Å². The number of halogens is 1. The van der Waals surface area contributed by atoms with E-state index >= 15 is 0 Å². The van der Waals surface area contributed by atoms with Gasteiger partial charge in [0.2, 0.25) is 5.91 Å². The van der Waals surface area contributed by atoms with Gasteiger partial charge in [0.05, 0.1) is 30.9 Å². The highest BCUT2D eigenvalue weighted by Crippen LogP contribution is 2.59. The van der Waals surface area contributed by atoms with Crippen molar-refractivity contribution < 1.29 is 19.5 Å². The zero-order valence-electron chi connectivity index (χ0n) is 17.0. The lowest BCUT2D eigenvalue weighted by atomic mass is 9.60. The van der Waals surface area contributed by atoms with Crippen LogP contribution in [0, 0.1) is 17.3 Å². The predicted molar refractivity (Wildman–Crippen MR) is 113 cm³/mol. The van der Waals surface area contributed by atoms with Crippen molar-refractivity contribution in [3.05, 3.63) is 52.9 Å². The second-order valence-corrected chi connectivity index (χ2v) is 9.28. The maximum Gasteiger partial charge on any atom is 0.227 e. The molecule has 5 rings (SSSR count). The topological polar surface area (TPSA) is 71.0 Å². The van der Waals surface area contributed by atoms with Gasteiger partial charge in [0.15, 0.2) is 0 Å². The van der Waals surface area contributed by atoms with E-state index in [1.165, 1.54) is 5.57 Å². The molecule has 6 nitrogen and oxygen atoms in total. The van der Waals surface area contributed by atoms with Crippen molar-refractivity contribution >= 4 is 23.2 Å². The minimum absolute atomic E-state index is 0.0166. The number of benzene rings is 1. The average Bonchev–Trinajstić information content (AvgIpc) is 2.96. The summed E-state index contributed by atoms with van der Waals surface area (Å²) in [6.07, 6.45) is 7.34. The Kier molecular flexibility index (Phi) is 5.04. The van der Waals surface area contributed by atoms with Crippen LogP contribution in [0.2, 0.25) is 5.02 Å². The summed E-state index contributed by atoms with van der Waals surface area (Å²) in [5, 5.41) is 15.9. The molecule has 0 saturated heterocycles. The standard InChI is InChI=1S/C23H27ClN2O4/c1-29-26-9-8-23-12-14(22(28)25-17-5-3-16(24)4-6-17)2-7-20(23)30-19-11-18(27)10-15(13-26)21(19)23/h3-6,8-9,14-15,18,20,27H,2,7,10-13H2,1H3,(H,25,28)/t14?,15?,18-,20?,23?/m1/s1. The number of hydroxylamine groups is 2. The van der Waals surface area contributed by atoms with Gasteiger partial charge in [-0.2, -0.15) is 0 Å². The molecule has 4 aliphatic rings. The van der Waals surface area contributed by atoms with E-state index in [0.717, 1.165) is 24.3 Å². The van der Waals surface area contributed by atoms with Crippen molar-refractivity contribution in [1.82, 2.24) is 5.06 Å². The van der Waals surface area contributed by atoms with Gasteiger partial charge in [-0.15, -0.1) is 0 Å². The van der Waals surface area contributed by atoms with Crippen LogP contribution < -0.4 is 5.32 Å². The Morgan fingerprint density at radius 1 is 1.33 bits per heavy atom. The van der Waals surface area contributed by atoms with Crippen molar-refractivity contribution in [2.24, 2.45) is 17.3 Å². The molecule has 2 N–H and O–H groups in total. The first-order chi connectivity index (χ1) is 14.5. The number of nitrogens with zero attached hydrogens (tertiary/aromatic N) is 1. The van der Waals surface area contributed by atoms with E-state index in [9.17, 15) is 9.90 Å². The van der Waals surface area contributed by atoms with Gasteiger partial charge in [-0.25, -0.2) is 0 Å². The molecule has 1 aromatic rings. The van der Waals surface area contributed by atoms with Gasteiger partial charge >= 0.3 is 0 Å². The van der Waals surface area contributed by atoms with Gasteiger partial charge in [0.1, 0.15) is 6.10 Å². The minimum atomic E-state index is -0.397. The molecule has 1 fully saturated rings. The molecule has 0 radical (unpaired) electrons. The average molecular weight is 431 g/mol. The molecule has 1 spiro atoms. The first-order valence-corrected chi connectivity index (χ1v) is 11.0. The summed E-state index contributed by atoms with van der Waals surface area (Å²) < 4.78 is 6.39. The molecule has 1 amide bonds. The quantitative estimate of drug-likeness (QED) is 0.761. The number of hydrogen-bond acceptors (Lipinski definition) is 5. The number of hydrogen-bond donors (Lipinski definition) is 2. The fraction of sp³-hybridized carbons (Fsp3) is 0.522. The largest absolute Gasteiger partial charge is 0.493 e. The van der Waals surface area contributed by atoms with Gasteiger partial charge in [0.25, 0.3) is 0 Å². The Hall–Kier alpha value is -2.02. The van der Waals surface area contributed by atoms with Gasteiger partial charge < -0.3 is 15.2 Å². The van der Waals surface area contributed by atoms with E-state index < -0.39 is 6.10 Å². The Morgan fingerprint density at radius 2 is 2.13 bits per heavy atom. The predicted octanol–water partition coefficient (Wildman–Crippen LogP) is 3.88. The number of anilines is 1. The number of nitrogens with one attached hydrogen (secondary N) is 1. The maximum absolute atomic E-state index is 13.1. The monoisotopic (exact) mass is 430 g/mol. The van der Waals surface area contributed by atoms with E-state index in [0.29, 0.717) is 30.8 Å². The van der Waals surface area contributed by atoms with Crippen molar-refractivity contribution in [2.45, 2.75) is 44.3 Å². The lowest BCUT2D eigenvalue weighted by Gasteiger charge is -2.42. The van der Waals surface area contributed by atoms with E-state index in [1.807, 2.05) is 23.4 Å². The summed E-state index contributed by atoms with van der Waals surface area (Å²) in [7, 11) is 1.66. The fourth-order valence-corrected chi connectivity index (χ4v) is 5.89. The summed E-state index contributed by atoms with van der Waals surface area (Å²) in [4.78, 5) is 18.6. The Morgan fingerprint density at radius 3 is 2.90 bits per heavy atom. The smallest absolute Gasteiger partial charge is 0.227 e. The number of rotatable bonds is 3. The van der Waals surface area contributed by atoms with E-state index in [2.05, 4.69) is 11.4 Å². The molecule has 2 heterocycles. The summed E-state index contributed by atoms with van der Waals surface area (Å²) in [5.74, 6) is 1.01. The Bertz CT molecular complexity index is 899. The van der Waals surface area contributed by atoms with Crippen LogP contribution >= 0.6 is 11.6 Å². The molecule has 0 bridgehead atoms. The summed E-state index contributed by atoms with van der Waals surface area (Å²) in [5.41, 5.74) is 1.72. The van der Waals surface area contributed by atoms with Crippen LogP contribution in [0.3, 0.4) is 0 Å². The van der Waals surface area contributed by atoms with E-state index in [-0.39, 0.29) is 29.3 Å². The first-order valence-electron chi connectivity index (χ1n) is 10.6. The molecule has 30 heavy (non-hydrogen) atoms. The lowest BCUT2D eigenvalue weighted by molar-refractivity contribution is -0.122. The normalized spacial score (nSPS) is 34.7. The summed E-state index contributed by atoms with van der Waals surface area (Å²) >= 11 is 5.96. The third kappa shape index (κ3) is 3.31. The van der Waals surface area contributed by atoms with Crippen LogP contribution in [0.15, 0.2) is 47.9 Å². The highest BCUT2D eigenvalue weighted by molar-refractivity contribution is 6.30. The lowest BCUT2D eigenvalue weighted by Crippen LogP contribution is -2.43. The number of carbonyl (C=O) groups is 1. The van der Waals surface area contributed by atoms with Gasteiger partial charge in [-0.1, -0.05) is 17.7 Å². The van der Waals surface area contributed by atoms with E-state index in [1.54, 1.807) is 19.2 Å². The van der Waals surface area contributed by atoms with Crippen LogP contribution in [-0.4, -0.2) is 41.9 Å². The fourth-order valence-electron chi connectivity index (χ4n) is 5.76. The molecule has 1 aromatic carbocycles. The number of amides is 1. The van der Waals surface area contributed by atoms with Crippen LogP contribution in [0.4, 0.5) is 5.69 Å². The first kappa shape index (κ1) is 19.9. The zero-order chi connectivity index (χ0) is 20.9. The van der Waals surface area contributed by atoms with E-state index in [4.69, 9.17) is 21.2 Å². The highest BCUT2D eigenvalue weighted by Gasteiger charge is 2.57. The van der Waals surface area contributed by atoms with Gasteiger partial charge in [-0.3, -0.25) is 14.7 Å². The van der Waals surface area contributed by atoms with Crippen molar-refractivity contribution in [2.75, 3.05) is 19.0 Å². The highest BCUT2D eigenvalue weighted by atomic mass is 35.5. The van der Waals surface area contributed by atoms with Crippen LogP contribution in [0.1, 0.15) is 32.1 Å². The number of aliphatic hydroxyl groups is 1. The third-order valence-electron chi connectivity index (χ3n) is 7.06. The second kappa shape index (κ2) is 7.59. The number of ether oxygens (including phenoxy) is 1. The van der Waals surface area contributed by atoms with Crippen molar-refractivity contribution in [1.29, 1.82) is 0 Å². The molecule has 4 unspecified atom stereocenters. The molecule has 2 aliphatic carbocycles. The van der Waals surface area contributed by atoms with Gasteiger partial charge in [0, 0.05) is 35.2 Å². The molecule has 5 atom stereocenters. The molecule has 0 aromatic heterocycles. The van der Waals surface area contributed by atoms with Crippen LogP contribution in [-0.2, 0) is 14.4 Å². The minimum Gasteiger partial charge on any atom is -0.493 e. The third-order valence-corrected chi connectivity index (χ3v) is 7.32. The number of carbonyl (C=O) groups excluding carboxylic acids is 1. The molecular formula is C23H27ClN2O4. The van der Waals surface area contributed by atoms with Crippen LogP contribution in [0.5, 0.6) is 0 Å². The molecule has 160 valence electrons. The molecule has 7 heteroatoms. The molecule has 1 saturated carbocycles. The van der Waals surface area contributed by atoms with Crippen LogP contribution in [0.25, 0.3) is 0 Å². The van der Waals surface area contributed by atoms with Crippen molar-refractivity contribution in [3.8, 4) is 0 Å². The van der Waals surface area contributed by atoms with Gasteiger partial charge in [-0.05, 0) is 55.5 Å². The Labute approximate surface area is 181 Å². The summed E-state index contributed by atoms with van der Waals surface area (Å²) in [6.45, 7) is 0.683. The molecule has 2 aliphatic heterocycles. The zero-order valence-corrected chi connectivity index (χ0v) is 17.8. The maximum atomic E-state index is 13.1. The summed E-state index contributed by atoms with van der Waals surface area (Å²) in [6, 6.07) is 7.20. The second-order valence-electron chi connectivity index (χ2n) is 8.85. The SMILES string of the molecule is CON1C=CC23CC(C(=O)Nc4ccc(Cl)cc4)CCC2OC2=C3C(C[C@@H](O)C2)C1. The number of aliphatic hydroxyl groups excluding tert-OH is 1.